The molecule has 3 aromatic carbocycles. The lowest BCUT2D eigenvalue weighted by Gasteiger charge is -2.36. The van der Waals surface area contributed by atoms with Crippen LogP contribution in [0.15, 0.2) is 72.8 Å². The number of anilines is 1. The SMILES string of the molecule is CCC(C)(CCC(=O)NN)OCCC(C)(C)NC(=O)C(C)(CC)OCCC(C)(C)Oc1cc(NC2CCN(S(=O)(=O)C(F)(F)F)CC2)c2cc(C(c3ccc(Cl)cc3)c3ccc(Cl)cc3)ccc2n1. The molecule has 4 aromatic rings. The molecule has 0 saturated carbocycles. The lowest BCUT2D eigenvalue weighted by atomic mass is 9.84. The van der Waals surface area contributed by atoms with Crippen molar-refractivity contribution in [3.05, 3.63) is 99.5 Å². The summed E-state index contributed by atoms with van der Waals surface area (Å²) in [6.07, 6.45) is 2.95. The average Bonchev–Trinajstić information content (AvgIpc) is 3.29. The second-order valence-electron chi connectivity index (χ2n) is 19.4. The van der Waals surface area contributed by atoms with E-state index in [1.165, 1.54) is 0 Å². The molecule has 1 aliphatic rings. The van der Waals surface area contributed by atoms with Gasteiger partial charge in [-0.05, 0) is 133 Å². The maximum Gasteiger partial charge on any atom is 0.511 e. The van der Waals surface area contributed by atoms with Crippen molar-refractivity contribution in [3.8, 4) is 5.88 Å². The van der Waals surface area contributed by atoms with Crippen LogP contribution in [0.25, 0.3) is 10.9 Å². The minimum absolute atomic E-state index is 0.125. The van der Waals surface area contributed by atoms with E-state index >= 15 is 0 Å². The topological polar surface area (TPSA) is 174 Å². The summed E-state index contributed by atoms with van der Waals surface area (Å²) in [7, 11) is -5.47. The van der Waals surface area contributed by atoms with E-state index in [2.05, 4.69) is 16.1 Å². The lowest BCUT2D eigenvalue weighted by molar-refractivity contribution is -0.149. The van der Waals surface area contributed by atoms with Crippen LogP contribution in [-0.4, -0.2) is 89.7 Å². The van der Waals surface area contributed by atoms with Gasteiger partial charge in [-0.15, -0.1) is 0 Å². The van der Waals surface area contributed by atoms with Crippen molar-refractivity contribution in [2.75, 3.05) is 31.6 Å². The Balaban J connectivity index is 1.35. The number of rotatable bonds is 23. The number of benzene rings is 3. The number of ether oxygens (including phenoxy) is 3. The monoisotopic (exact) mass is 1020 g/mol. The number of sulfonamides is 1. The minimum atomic E-state index is -5.47. The summed E-state index contributed by atoms with van der Waals surface area (Å²) >= 11 is 12.6. The number of nitrogens with zero attached hydrogens (tertiary/aromatic N) is 2. The van der Waals surface area contributed by atoms with E-state index in [1.807, 2.05) is 115 Å². The Morgan fingerprint density at radius 3 is 1.91 bits per heavy atom. The number of hydrogen-bond acceptors (Lipinski definition) is 10. The number of carbonyl (C=O) groups excluding carboxylic acids is 2. The Kier molecular flexibility index (Phi) is 18.5. The average molecular weight is 1020 g/mol. The van der Waals surface area contributed by atoms with Crippen LogP contribution < -0.4 is 26.6 Å². The van der Waals surface area contributed by atoms with Gasteiger partial charge in [-0.25, -0.2) is 19.2 Å². The van der Waals surface area contributed by atoms with E-state index in [1.54, 1.807) is 13.0 Å². The number of aromatic nitrogens is 1. The number of alkyl halides is 3. The third kappa shape index (κ3) is 14.9. The molecule has 1 fully saturated rings. The van der Waals surface area contributed by atoms with E-state index < -0.39 is 37.9 Å². The maximum absolute atomic E-state index is 13.8. The number of nitrogens with two attached hydrogens (primary N) is 1. The molecular weight excluding hydrogens is 957 g/mol. The fourth-order valence-electron chi connectivity index (χ4n) is 8.11. The minimum Gasteiger partial charge on any atom is -0.471 e. The first kappa shape index (κ1) is 55.7. The number of fused-ring (bicyclic) bond motifs is 1. The number of hydrazine groups is 1. The van der Waals surface area contributed by atoms with E-state index in [0.717, 1.165) is 22.1 Å². The standard InChI is InChI=1S/C50H67Cl2F3N6O7S/c1-9-48(7,24-21-42(62)60-56)66-29-25-46(3,4)59-45(63)49(8,10-2)67-30-26-47(5,6)68-43-32-41(57-38-22-27-61(28-23-38)69(64,65)50(53,54)55)39-31-35(15-20-40(39)58-43)44(33-11-16-36(51)17-12-33)34-13-18-37(52)19-14-34/h11-20,31-32,38,44H,9-10,21-30,56H2,1-8H3,(H,57,58)(H,59,63)(H,60,62). The molecule has 19 heteroatoms. The third-order valence-corrected chi connectivity index (χ3v) is 15.2. The number of carbonyl (C=O) groups is 2. The van der Waals surface area contributed by atoms with Crippen LogP contribution in [0.5, 0.6) is 5.88 Å². The largest absolute Gasteiger partial charge is 0.511 e. The zero-order valence-corrected chi connectivity index (χ0v) is 43.0. The second kappa shape index (κ2) is 22.9. The van der Waals surface area contributed by atoms with Gasteiger partial charge in [0.25, 0.3) is 5.91 Å². The molecule has 1 aromatic heterocycles. The molecule has 2 unspecified atom stereocenters. The van der Waals surface area contributed by atoms with Crippen molar-refractivity contribution in [2.24, 2.45) is 5.84 Å². The molecule has 13 nitrogen and oxygen atoms in total. The summed E-state index contributed by atoms with van der Waals surface area (Å²) in [4.78, 5) is 30.5. The Bertz CT molecular complexity index is 2450. The van der Waals surface area contributed by atoms with Gasteiger partial charge in [-0.3, -0.25) is 15.0 Å². The van der Waals surface area contributed by atoms with E-state index in [-0.39, 0.29) is 68.6 Å². The van der Waals surface area contributed by atoms with Crippen LogP contribution in [0.2, 0.25) is 10.0 Å². The molecule has 1 aliphatic heterocycles. The fraction of sp³-hybridized carbons (Fsp3) is 0.540. The highest BCUT2D eigenvalue weighted by molar-refractivity contribution is 7.90. The molecule has 2 heterocycles. The molecular formula is C50H67Cl2F3N6O7S. The van der Waals surface area contributed by atoms with Gasteiger partial charge in [0.1, 0.15) is 11.2 Å². The normalized spacial score (nSPS) is 16.2. The molecule has 5 N–H and O–H groups in total. The lowest BCUT2D eigenvalue weighted by Crippen LogP contribution is -2.54. The molecule has 0 bridgehead atoms. The number of nitrogens with one attached hydrogen (secondary N) is 3. The molecule has 0 aliphatic carbocycles. The number of piperidine rings is 1. The van der Waals surface area contributed by atoms with Gasteiger partial charge < -0.3 is 24.8 Å². The quantitative estimate of drug-likeness (QED) is 0.0242. The van der Waals surface area contributed by atoms with Gasteiger partial charge >= 0.3 is 15.5 Å². The number of pyridine rings is 1. The van der Waals surface area contributed by atoms with Crippen molar-refractivity contribution < 1.29 is 45.4 Å². The predicted octanol–water partition coefficient (Wildman–Crippen LogP) is 10.4. The highest BCUT2D eigenvalue weighted by Gasteiger charge is 2.50. The highest BCUT2D eigenvalue weighted by atomic mass is 35.5. The van der Waals surface area contributed by atoms with E-state index in [4.69, 9.17) is 48.2 Å². The molecule has 2 atom stereocenters. The Labute approximate surface area is 414 Å². The summed E-state index contributed by atoms with van der Waals surface area (Å²) in [5.41, 5.74) is -2.38. The van der Waals surface area contributed by atoms with Gasteiger partial charge in [0, 0.05) is 77.2 Å². The molecule has 0 radical (unpaired) electrons. The predicted molar refractivity (Wildman–Crippen MR) is 266 cm³/mol. The summed E-state index contributed by atoms with van der Waals surface area (Å²) in [6.45, 7) is 15.1. The van der Waals surface area contributed by atoms with Crippen LogP contribution in [0.1, 0.15) is 129 Å². The first-order chi connectivity index (χ1) is 32.2. The van der Waals surface area contributed by atoms with Crippen molar-refractivity contribution in [2.45, 2.75) is 147 Å². The molecule has 2 amide bonds. The van der Waals surface area contributed by atoms with Gasteiger partial charge in [0.05, 0.1) is 17.7 Å². The van der Waals surface area contributed by atoms with Gasteiger partial charge in [0.2, 0.25) is 11.8 Å². The van der Waals surface area contributed by atoms with Crippen LogP contribution in [0.4, 0.5) is 18.9 Å². The first-order valence-corrected chi connectivity index (χ1v) is 25.5. The van der Waals surface area contributed by atoms with Gasteiger partial charge in [0.15, 0.2) is 0 Å². The van der Waals surface area contributed by atoms with Crippen LogP contribution in [0, 0.1) is 0 Å². The zero-order chi connectivity index (χ0) is 51.0. The van der Waals surface area contributed by atoms with Crippen LogP contribution in [-0.2, 0) is 29.1 Å². The molecule has 0 spiro atoms. The van der Waals surface area contributed by atoms with Crippen molar-refractivity contribution in [1.82, 2.24) is 20.0 Å². The molecule has 1 saturated heterocycles. The Hall–Kier alpha value is -4.23. The first-order valence-electron chi connectivity index (χ1n) is 23.3. The fourth-order valence-corrected chi connectivity index (χ4v) is 9.34. The smallest absolute Gasteiger partial charge is 0.471 e. The summed E-state index contributed by atoms with van der Waals surface area (Å²) in [6, 6.07) is 22.4. The van der Waals surface area contributed by atoms with Gasteiger partial charge in [-0.2, -0.15) is 17.5 Å². The third-order valence-electron chi connectivity index (χ3n) is 13.1. The summed E-state index contributed by atoms with van der Waals surface area (Å²) < 4.78 is 84.4. The van der Waals surface area contributed by atoms with Gasteiger partial charge in [-0.1, -0.05) is 67.4 Å². The maximum atomic E-state index is 13.8. The summed E-state index contributed by atoms with van der Waals surface area (Å²) in [5.74, 6) is 4.74. The number of hydrogen-bond donors (Lipinski definition) is 4. The van der Waals surface area contributed by atoms with E-state index in [0.29, 0.717) is 64.3 Å². The summed E-state index contributed by atoms with van der Waals surface area (Å²) in [5, 5.41) is 8.54. The van der Waals surface area contributed by atoms with Crippen molar-refractivity contribution in [3.63, 3.8) is 0 Å². The highest BCUT2D eigenvalue weighted by Crippen LogP contribution is 2.39. The van der Waals surface area contributed by atoms with Crippen molar-refractivity contribution >= 4 is 61.6 Å². The number of halogens is 5. The Morgan fingerprint density at radius 1 is 0.812 bits per heavy atom. The van der Waals surface area contributed by atoms with Crippen LogP contribution in [0.3, 0.4) is 0 Å². The van der Waals surface area contributed by atoms with Crippen LogP contribution >= 0.6 is 23.2 Å². The van der Waals surface area contributed by atoms with Crippen molar-refractivity contribution in [1.29, 1.82) is 0 Å². The molecule has 5 rings (SSSR count). The molecule has 69 heavy (non-hydrogen) atoms. The second-order valence-corrected chi connectivity index (χ2v) is 22.2. The zero-order valence-electron chi connectivity index (χ0n) is 40.7. The number of amides is 2. The molecule has 380 valence electrons. The van der Waals surface area contributed by atoms with E-state index in [9.17, 15) is 31.2 Å². The Morgan fingerprint density at radius 2 is 1.38 bits per heavy atom.